The number of rotatable bonds is 5. The van der Waals surface area contributed by atoms with Gasteiger partial charge in [-0.2, -0.15) is 0 Å². The van der Waals surface area contributed by atoms with Gasteiger partial charge >= 0.3 is 5.69 Å². The van der Waals surface area contributed by atoms with Gasteiger partial charge in [0.1, 0.15) is 5.69 Å². The summed E-state index contributed by atoms with van der Waals surface area (Å²) in [5, 5.41) is 20.5. The molecule has 1 saturated heterocycles. The maximum atomic E-state index is 11.4. The lowest BCUT2D eigenvalue weighted by Gasteiger charge is -2.37. The number of nitrogens with zero attached hydrogens (tertiary/aromatic N) is 2. The van der Waals surface area contributed by atoms with Gasteiger partial charge in [-0.1, -0.05) is 6.07 Å². The third-order valence-corrected chi connectivity index (χ3v) is 3.78. The van der Waals surface area contributed by atoms with Gasteiger partial charge in [-0.05, 0) is 37.8 Å². The van der Waals surface area contributed by atoms with Gasteiger partial charge in [0.2, 0.25) is 0 Å². The van der Waals surface area contributed by atoms with Crippen molar-refractivity contribution in [3.63, 3.8) is 0 Å². The number of aliphatic hydroxyl groups is 1. The third kappa shape index (κ3) is 2.85. The molecule has 1 aromatic rings. The molecule has 1 aliphatic heterocycles. The molecule has 0 bridgehead atoms. The van der Waals surface area contributed by atoms with E-state index in [0.717, 1.165) is 25.8 Å². The van der Waals surface area contributed by atoms with E-state index < -0.39 is 4.92 Å². The van der Waals surface area contributed by atoms with Crippen LogP contribution in [0.25, 0.3) is 0 Å². The molecule has 0 amide bonds. The van der Waals surface area contributed by atoms with Crippen molar-refractivity contribution in [2.45, 2.75) is 31.7 Å². The molecule has 0 aliphatic carbocycles. The average molecular weight is 280 g/mol. The number of hydrogen-bond acceptors (Lipinski definition) is 5. The molecule has 1 unspecified atom stereocenters. The van der Waals surface area contributed by atoms with Gasteiger partial charge in [0.05, 0.1) is 12.0 Å². The lowest BCUT2D eigenvalue weighted by atomic mass is 9.98. The number of nitro groups is 1. The summed E-state index contributed by atoms with van der Waals surface area (Å²) in [6.07, 6.45) is 3.69. The summed E-state index contributed by atoms with van der Waals surface area (Å²) in [6.45, 7) is 0.873. The highest BCUT2D eigenvalue weighted by atomic mass is 16.6. The van der Waals surface area contributed by atoms with Gasteiger partial charge in [-0.15, -0.1) is 0 Å². The molecular weight excluding hydrogens is 260 g/mol. The number of hydrogen-bond donors (Lipinski definition) is 1. The van der Waals surface area contributed by atoms with Gasteiger partial charge in [0.15, 0.2) is 5.75 Å². The summed E-state index contributed by atoms with van der Waals surface area (Å²) in [4.78, 5) is 13.0. The maximum absolute atomic E-state index is 11.4. The minimum absolute atomic E-state index is 0.0137. The third-order valence-electron chi connectivity index (χ3n) is 3.78. The largest absolute Gasteiger partial charge is 0.490 e. The molecule has 1 atom stereocenters. The molecular formula is C14H20N2O4. The van der Waals surface area contributed by atoms with Gasteiger partial charge in [-0.3, -0.25) is 10.1 Å². The van der Waals surface area contributed by atoms with Crippen molar-refractivity contribution in [2.24, 2.45) is 0 Å². The molecule has 1 heterocycles. The van der Waals surface area contributed by atoms with Gasteiger partial charge in [0.25, 0.3) is 0 Å². The monoisotopic (exact) mass is 280 g/mol. The number of methoxy groups -OCH3 is 1. The number of benzene rings is 1. The Bertz CT molecular complexity index is 476. The highest BCUT2D eigenvalue weighted by Crippen LogP contribution is 2.39. The lowest BCUT2D eigenvalue weighted by molar-refractivity contribution is -0.385. The fraction of sp³-hybridized carbons (Fsp3) is 0.571. The van der Waals surface area contributed by atoms with Crippen LogP contribution in [0.15, 0.2) is 18.2 Å². The smallest absolute Gasteiger partial charge is 0.333 e. The van der Waals surface area contributed by atoms with Crippen LogP contribution in [-0.4, -0.2) is 36.3 Å². The van der Waals surface area contributed by atoms with E-state index in [1.807, 2.05) is 4.90 Å². The van der Waals surface area contributed by atoms with E-state index >= 15 is 0 Å². The van der Waals surface area contributed by atoms with Crippen LogP contribution in [0.4, 0.5) is 11.4 Å². The Morgan fingerprint density at radius 1 is 1.50 bits per heavy atom. The molecule has 110 valence electrons. The number of ether oxygens (including phenoxy) is 1. The number of piperidine rings is 1. The standard InChI is InChI=1S/C14H20N2O4/c1-20-13-7-4-6-12(14(13)16(18)19)15-9-3-2-5-11(15)8-10-17/h4,6-7,11,17H,2-3,5,8-10H2,1H3. The summed E-state index contributed by atoms with van der Waals surface area (Å²) in [5.74, 6) is 0.279. The molecule has 0 spiro atoms. The minimum atomic E-state index is -0.390. The fourth-order valence-electron chi connectivity index (χ4n) is 2.86. The average Bonchev–Trinajstić information content (AvgIpc) is 2.47. The Labute approximate surface area is 118 Å². The van der Waals surface area contributed by atoms with Crippen molar-refractivity contribution in [3.05, 3.63) is 28.3 Å². The Morgan fingerprint density at radius 2 is 2.30 bits per heavy atom. The van der Waals surface area contributed by atoms with Crippen LogP contribution >= 0.6 is 0 Å². The van der Waals surface area contributed by atoms with E-state index in [9.17, 15) is 15.2 Å². The first kappa shape index (κ1) is 14.6. The van der Waals surface area contributed by atoms with Gasteiger partial charge in [0, 0.05) is 19.2 Å². The van der Waals surface area contributed by atoms with E-state index in [4.69, 9.17) is 4.74 Å². The van der Waals surface area contributed by atoms with E-state index in [-0.39, 0.29) is 24.1 Å². The van der Waals surface area contributed by atoms with Crippen LogP contribution in [0, 0.1) is 10.1 Å². The SMILES string of the molecule is COc1cccc(N2CCCCC2CCO)c1[N+](=O)[O-]. The van der Waals surface area contributed by atoms with Crippen molar-refractivity contribution in [1.82, 2.24) is 0 Å². The molecule has 1 fully saturated rings. The zero-order chi connectivity index (χ0) is 14.5. The van der Waals surface area contributed by atoms with Crippen molar-refractivity contribution >= 4 is 11.4 Å². The Hall–Kier alpha value is -1.82. The summed E-state index contributed by atoms with van der Waals surface area (Å²) >= 11 is 0. The Morgan fingerprint density at radius 3 is 2.95 bits per heavy atom. The highest BCUT2D eigenvalue weighted by molar-refractivity contribution is 5.70. The quantitative estimate of drug-likeness (QED) is 0.662. The number of aliphatic hydroxyl groups excluding tert-OH is 1. The Kier molecular flexibility index (Phi) is 4.79. The van der Waals surface area contributed by atoms with Crippen molar-refractivity contribution < 1.29 is 14.8 Å². The fourth-order valence-corrected chi connectivity index (χ4v) is 2.86. The van der Waals surface area contributed by atoms with Crippen molar-refractivity contribution in [2.75, 3.05) is 25.2 Å². The summed E-state index contributed by atoms with van der Waals surface area (Å²) in [5.41, 5.74) is 0.604. The molecule has 1 N–H and O–H groups in total. The molecule has 0 radical (unpaired) electrons. The number of nitro benzene ring substituents is 1. The summed E-state index contributed by atoms with van der Waals surface area (Å²) in [7, 11) is 1.44. The van der Waals surface area contributed by atoms with Crippen LogP contribution in [0.3, 0.4) is 0 Å². The van der Waals surface area contributed by atoms with E-state index in [2.05, 4.69) is 0 Å². The van der Waals surface area contributed by atoms with Crippen LogP contribution in [0.5, 0.6) is 5.75 Å². The first-order chi connectivity index (χ1) is 9.69. The predicted octanol–water partition coefficient (Wildman–Crippen LogP) is 2.34. The van der Waals surface area contributed by atoms with Crippen LogP contribution in [0.2, 0.25) is 0 Å². The second kappa shape index (κ2) is 6.56. The molecule has 1 aromatic carbocycles. The van der Waals surface area contributed by atoms with Crippen LogP contribution < -0.4 is 9.64 Å². The normalized spacial score (nSPS) is 18.9. The number of para-hydroxylation sites is 1. The molecule has 20 heavy (non-hydrogen) atoms. The lowest BCUT2D eigenvalue weighted by Crippen LogP contribution is -2.40. The molecule has 2 rings (SSSR count). The van der Waals surface area contributed by atoms with Gasteiger partial charge < -0.3 is 14.7 Å². The second-order valence-electron chi connectivity index (χ2n) is 4.94. The molecule has 0 saturated carbocycles. The Balaban J connectivity index is 2.41. The van der Waals surface area contributed by atoms with E-state index in [0.29, 0.717) is 12.1 Å². The maximum Gasteiger partial charge on any atom is 0.333 e. The van der Waals surface area contributed by atoms with Crippen molar-refractivity contribution in [3.8, 4) is 5.75 Å². The first-order valence-corrected chi connectivity index (χ1v) is 6.88. The summed E-state index contributed by atoms with van der Waals surface area (Å²) < 4.78 is 5.12. The zero-order valence-corrected chi connectivity index (χ0v) is 11.6. The zero-order valence-electron chi connectivity index (χ0n) is 11.6. The van der Waals surface area contributed by atoms with Crippen LogP contribution in [0.1, 0.15) is 25.7 Å². The van der Waals surface area contributed by atoms with Crippen LogP contribution in [-0.2, 0) is 0 Å². The molecule has 1 aliphatic rings. The van der Waals surface area contributed by atoms with E-state index in [1.54, 1.807) is 18.2 Å². The van der Waals surface area contributed by atoms with Gasteiger partial charge in [-0.25, -0.2) is 0 Å². The molecule has 6 heteroatoms. The summed E-state index contributed by atoms with van der Waals surface area (Å²) in [6, 6.07) is 5.29. The predicted molar refractivity (Wildman–Crippen MR) is 76.3 cm³/mol. The molecule has 0 aromatic heterocycles. The second-order valence-corrected chi connectivity index (χ2v) is 4.94. The molecule has 6 nitrogen and oxygen atoms in total. The van der Waals surface area contributed by atoms with Crippen molar-refractivity contribution in [1.29, 1.82) is 0 Å². The van der Waals surface area contributed by atoms with E-state index in [1.165, 1.54) is 7.11 Å². The first-order valence-electron chi connectivity index (χ1n) is 6.88. The highest BCUT2D eigenvalue weighted by Gasteiger charge is 2.30. The topological polar surface area (TPSA) is 75.8 Å². The minimum Gasteiger partial charge on any atom is -0.490 e. The number of anilines is 1.